The highest BCUT2D eigenvalue weighted by Crippen LogP contribution is 2.22. The highest BCUT2D eigenvalue weighted by atomic mass is 16.6. The van der Waals surface area contributed by atoms with Gasteiger partial charge in [-0.1, -0.05) is 6.92 Å². The Morgan fingerprint density at radius 3 is 2.48 bits per heavy atom. The third-order valence-electron chi connectivity index (χ3n) is 4.27. The number of aliphatic imine (C=N–C) groups is 1. The van der Waals surface area contributed by atoms with Crippen LogP contribution in [0.25, 0.3) is 0 Å². The average Bonchev–Trinajstić information content (AvgIpc) is 2.48. The molecule has 132 valence electrons. The summed E-state index contributed by atoms with van der Waals surface area (Å²) < 4.78 is 5.29. The summed E-state index contributed by atoms with van der Waals surface area (Å²) in [7, 11) is 0. The Hall–Kier alpha value is -1.47. The van der Waals surface area contributed by atoms with Crippen LogP contribution < -0.4 is 11.5 Å². The third kappa shape index (κ3) is 6.27. The van der Waals surface area contributed by atoms with Gasteiger partial charge >= 0.3 is 5.70 Å². The summed E-state index contributed by atoms with van der Waals surface area (Å²) in [6.07, 6.45) is 3.89. The highest BCUT2D eigenvalue weighted by molar-refractivity contribution is 5.96. The van der Waals surface area contributed by atoms with E-state index in [0.717, 1.165) is 32.1 Å². The van der Waals surface area contributed by atoms with E-state index in [0.29, 0.717) is 24.6 Å². The summed E-state index contributed by atoms with van der Waals surface area (Å²) in [5.74, 6) is -0.0405. The minimum absolute atomic E-state index is 0.0342. The SMILES string of the molecule is CCC(CCC(C)N)C(N)=C(C(C)=NC1CCOCC1)[N+](=O)[O-]. The Morgan fingerprint density at radius 2 is 2.00 bits per heavy atom. The lowest BCUT2D eigenvalue weighted by Crippen LogP contribution is -2.26. The molecule has 23 heavy (non-hydrogen) atoms. The first-order valence-electron chi connectivity index (χ1n) is 8.38. The largest absolute Gasteiger partial charge is 0.396 e. The van der Waals surface area contributed by atoms with E-state index < -0.39 is 4.92 Å². The predicted octanol–water partition coefficient (Wildman–Crippen LogP) is 2.23. The molecule has 0 saturated carbocycles. The van der Waals surface area contributed by atoms with Crippen LogP contribution in [-0.4, -0.2) is 35.9 Å². The molecule has 2 atom stereocenters. The zero-order chi connectivity index (χ0) is 17.4. The van der Waals surface area contributed by atoms with Gasteiger partial charge in [-0.25, -0.2) is 0 Å². The molecule has 0 aromatic heterocycles. The number of nitrogens with two attached hydrogens (primary N) is 2. The summed E-state index contributed by atoms with van der Waals surface area (Å²) >= 11 is 0. The fourth-order valence-corrected chi connectivity index (χ4v) is 2.83. The predicted molar refractivity (Wildman–Crippen MR) is 91.8 cm³/mol. The molecule has 0 bridgehead atoms. The monoisotopic (exact) mass is 326 g/mol. The van der Waals surface area contributed by atoms with Crippen molar-refractivity contribution in [2.24, 2.45) is 22.4 Å². The third-order valence-corrected chi connectivity index (χ3v) is 4.27. The summed E-state index contributed by atoms with van der Waals surface area (Å²) in [5, 5.41) is 11.5. The second-order valence-electron chi connectivity index (χ2n) is 6.28. The number of hydrogen-bond donors (Lipinski definition) is 2. The van der Waals surface area contributed by atoms with Crippen LogP contribution in [0.15, 0.2) is 16.4 Å². The Bertz CT molecular complexity index is 454. The van der Waals surface area contributed by atoms with Crippen molar-refractivity contribution in [2.75, 3.05) is 13.2 Å². The molecule has 2 unspecified atom stereocenters. The van der Waals surface area contributed by atoms with Crippen molar-refractivity contribution < 1.29 is 9.66 Å². The van der Waals surface area contributed by atoms with E-state index in [2.05, 4.69) is 4.99 Å². The number of nitrogens with zero attached hydrogens (tertiary/aromatic N) is 2. The molecule has 1 aliphatic heterocycles. The van der Waals surface area contributed by atoms with Gasteiger partial charge in [-0.3, -0.25) is 15.1 Å². The molecule has 1 rings (SSSR count). The molecule has 0 radical (unpaired) electrons. The molecule has 4 N–H and O–H groups in total. The highest BCUT2D eigenvalue weighted by Gasteiger charge is 2.26. The first-order chi connectivity index (χ1) is 10.9. The first-order valence-corrected chi connectivity index (χ1v) is 8.38. The van der Waals surface area contributed by atoms with Gasteiger partial charge in [-0.15, -0.1) is 0 Å². The summed E-state index contributed by atoms with van der Waals surface area (Å²) in [6.45, 7) is 6.90. The van der Waals surface area contributed by atoms with Crippen LogP contribution in [0, 0.1) is 16.0 Å². The fourth-order valence-electron chi connectivity index (χ4n) is 2.83. The van der Waals surface area contributed by atoms with Gasteiger partial charge in [0, 0.05) is 25.2 Å². The van der Waals surface area contributed by atoms with E-state index in [1.54, 1.807) is 6.92 Å². The van der Waals surface area contributed by atoms with Crippen molar-refractivity contribution in [3.63, 3.8) is 0 Å². The molecular formula is C16H30N4O3. The zero-order valence-corrected chi connectivity index (χ0v) is 14.5. The Kier molecular flexibility index (Phi) is 8.19. The van der Waals surface area contributed by atoms with Gasteiger partial charge < -0.3 is 16.2 Å². The van der Waals surface area contributed by atoms with Crippen LogP contribution in [0.1, 0.15) is 52.9 Å². The summed E-state index contributed by atoms with van der Waals surface area (Å²) in [4.78, 5) is 15.6. The van der Waals surface area contributed by atoms with E-state index in [1.807, 2.05) is 13.8 Å². The maximum atomic E-state index is 11.5. The minimum atomic E-state index is -0.401. The number of allylic oxidation sites excluding steroid dienone is 2. The maximum absolute atomic E-state index is 11.5. The quantitative estimate of drug-likeness (QED) is 0.403. The fraction of sp³-hybridized carbons (Fsp3) is 0.812. The normalized spacial score (nSPS) is 20.8. The van der Waals surface area contributed by atoms with Crippen LogP contribution in [-0.2, 0) is 4.74 Å². The zero-order valence-electron chi connectivity index (χ0n) is 14.5. The molecule has 7 nitrogen and oxygen atoms in total. The molecule has 0 amide bonds. The topological polar surface area (TPSA) is 117 Å². The number of ether oxygens (including phenoxy) is 1. The van der Waals surface area contributed by atoms with Crippen molar-refractivity contribution in [3.05, 3.63) is 21.5 Å². The van der Waals surface area contributed by atoms with Gasteiger partial charge in [-0.2, -0.15) is 0 Å². The number of rotatable bonds is 8. The molecule has 7 heteroatoms. The van der Waals surface area contributed by atoms with Crippen LogP contribution in [0.4, 0.5) is 0 Å². The van der Waals surface area contributed by atoms with Crippen molar-refractivity contribution in [1.82, 2.24) is 0 Å². The van der Waals surface area contributed by atoms with Crippen LogP contribution in [0.5, 0.6) is 0 Å². The van der Waals surface area contributed by atoms with Gasteiger partial charge in [0.05, 0.1) is 16.7 Å². The van der Waals surface area contributed by atoms with Crippen LogP contribution in [0.3, 0.4) is 0 Å². The lowest BCUT2D eigenvalue weighted by Gasteiger charge is -2.20. The Morgan fingerprint density at radius 1 is 1.39 bits per heavy atom. The summed E-state index contributed by atoms with van der Waals surface area (Å²) in [5.41, 5.74) is 12.7. The van der Waals surface area contributed by atoms with Gasteiger partial charge in [0.2, 0.25) is 0 Å². The van der Waals surface area contributed by atoms with Crippen molar-refractivity contribution >= 4 is 5.71 Å². The molecular weight excluding hydrogens is 296 g/mol. The second kappa shape index (κ2) is 9.62. The molecule has 0 aromatic rings. The summed E-state index contributed by atoms with van der Waals surface area (Å²) in [6, 6.07) is 0.142. The van der Waals surface area contributed by atoms with E-state index in [9.17, 15) is 10.1 Å². The van der Waals surface area contributed by atoms with Gasteiger partial charge in [0.25, 0.3) is 0 Å². The molecule has 0 spiro atoms. The molecule has 0 aromatic carbocycles. The Labute approximate surface area is 138 Å². The molecule has 0 aliphatic carbocycles. The molecule has 1 saturated heterocycles. The standard InChI is InChI=1S/C16H30N4O3/c1-4-13(6-5-11(2)17)15(18)16(20(21)22)12(3)19-14-7-9-23-10-8-14/h11,13-14H,4-10,17-18H2,1-3H3. The molecule has 1 aliphatic rings. The van der Waals surface area contributed by atoms with Crippen LogP contribution in [0.2, 0.25) is 0 Å². The smallest absolute Gasteiger partial charge is 0.308 e. The average molecular weight is 326 g/mol. The lowest BCUT2D eigenvalue weighted by atomic mass is 9.93. The van der Waals surface area contributed by atoms with Gasteiger partial charge in [-0.05, 0) is 46.0 Å². The van der Waals surface area contributed by atoms with Crippen molar-refractivity contribution in [3.8, 4) is 0 Å². The second-order valence-corrected chi connectivity index (χ2v) is 6.28. The van der Waals surface area contributed by atoms with E-state index >= 15 is 0 Å². The van der Waals surface area contributed by atoms with E-state index in [-0.39, 0.29) is 23.7 Å². The van der Waals surface area contributed by atoms with Crippen LogP contribution >= 0.6 is 0 Å². The van der Waals surface area contributed by atoms with E-state index in [4.69, 9.17) is 16.2 Å². The first kappa shape index (κ1) is 19.6. The minimum Gasteiger partial charge on any atom is -0.396 e. The maximum Gasteiger partial charge on any atom is 0.308 e. The number of hydrogen-bond acceptors (Lipinski definition) is 6. The van der Waals surface area contributed by atoms with E-state index in [1.165, 1.54) is 0 Å². The lowest BCUT2D eigenvalue weighted by molar-refractivity contribution is -0.416. The number of nitro groups is 1. The molecule has 1 heterocycles. The van der Waals surface area contributed by atoms with Gasteiger partial charge in [0.1, 0.15) is 5.71 Å². The van der Waals surface area contributed by atoms with Gasteiger partial charge in [0.15, 0.2) is 0 Å². The van der Waals surface area contributed by atoms with Crippen molar-refractivity contribution in [2.45, 2.75) is 65.0 Å². The Balaban J connectivity index is 2.99. The molecule has 1 fully saturated rings. The van der Waals surface area contributed by atoms with Crippen molar-refractivity contribution in [1.29, 1.82) is 0 Å².